The molecule has 1 fully saturated rings. The molecule has 4 rings (SSSR count). The van der Waals surface area contributed by atoms with E-state index in [9.17, 15) is 14.4 Å². The minimum atomic E-state index is -0.336. The molecule has 1 saturated heterocycles. The van der Waals surface area contributed by atoms with E-state index in [1.165, 1.54) is 16.6 Å². The first-order chi connectivity index (χ1) is 16.0. The number of fused-ring (bicyclic) bond motifs is 3. The number of nitrogens with zero attached hydrogens (tertiary/aromatic N) is 4. The summed E-state index contributed by atoms with van der Waals surface area (Å²) in [4.78, 5) is 48.4. The number of rotatable bonds is 7. The summed E-state index contributed by atoms with van der Waals surface area (Å²) < 4.78 is 11.9. The second-order valence-corrected chi connectivity index (χ2v) is 10.1. The molecule has 2 aromatic rings. The molecule has 1 aliphatic carbocycles. The van der Waals surface area contributed by atoms with Gasteiger partial charge in [-0.3, -0.25) is 14.2 Å². The van der Waals surface area contributed by atoms with Crippen LogP contribution in [0.25, 0.3) is 10.2 Å². The second kappa shape index (κ2) is 10.9. The van der Waals surface area contributed by atoms with Crippen LogP contribution in [0.15, 0.2) is 9.95 Å². The average molecular weight is 495 g/mol. The standard InChI is InChI=1S/C22H30N4O5S2/c1-3-31-22(29)25-10-8-24(9-11-25)17(27)14-32-21-23-19-18(20(28)26(21)12-13-30-2)15-6-4-5-7-16(15)33-19/h3-14H2,1-2H3. The van der Waals surface area contributed by atoms with Gasteiger partial charge < -0.3 is 19.3 Å². The number of thioether (sulfide) groups is 1. The predicted octanol–water partition coefficient (Wildman–Crippen LogP) is 2.38. The van der Waals surface area contributed by atoms with Crippen LogP contribution in [0.4, 0.5) is 4.79 Å². The van der Waals surface area contributed by atoms with E-state index >= 15 is 0 Å². The van der Waals surface area contributed by atoms with Crippen molar-refractivity contribution in [1.29, 1.82) is 0 Å². The minimum Gasteiger partial charge on any atom is -0.450 e. The summed E-state index contributed by atoms with van der Waals surface area (Å²) in [6.07, 6.45) is 3.85. The Balaban J connectivity index is 1.48. The Kier molecular flexibility index (Phi) is 7.92. The molecule has 3 heterocycles. The summed E-state index contributed by atoms with van der Waals surface area (Å²) in [6, 6.07) is 0. The van der Waals surface area contributed by atoms with Crippen molar-refractivity contribution in [2.45, 2.75) is 44.3 Å². The summed E-state index contributed by atoms with van der Waals surface area (Å²) in [5, 5.41) is 1.30. The molecular weight excluding hydrogens is 464 g/mol. The number of hydrogen-bond donors (Lipinski definition) is 0. The fourth-order valence-electron chi connectivity index (χ4n) is 4.28. The number of aryl methyl sites for hydroxylation is 2. The van der Waals surface area contributed by atoms with E-state index in [0.717, 1.165) is 41.5 Å². The van der Waals surface area contributed by atoms with Crippen LogP contribution in [-0.2, 0) is 33.7 Å². The first-order valence-corrected chi connectivity index (χ1v) is 13.2. The Hall–Kier alpha value is -2.11. The van der Waals surface area contributed by atoms with E-state index in [-0.39, 0.29) is 23.3 Å². The van der Waals surface area contributed by atoms with Crippen molar-refractivity contribution in [2.24, 2.45) is 0 Å². The van der Waals surface area contributed by atoms with Gasteiger partial charge in [-0.25, -0.2) is 9.78 Å². The fraction of sp³-hybridized carbons (Fsp3) is 0.636. The Morgan fingerprint density at radius 3 is 2.58 bits per heavy atom. The maximum Gasteiger partial charge on any atom is 0.409 e. The van der Waals surface area contributed by atoms with Gasteiger partial charge in [0, 0.05) is 38.2 Å². The lowest BCUT2D eigenvalue weighted by Crippen LogP contribution is -2.51. The molecule has 0 aromatic carbocycles. The van der Waals surface area contributed by atoms with E-state index in [4.69, 9.17) is 14.5 Å². The van der Waals surface area contributed by atoms with Crippen molar-refractivity contribution in [3.05, 3.63) is 20.8 Å². The smallest absolute Gasteiger partial charge is 0.409 e. The normalized spacial score (nSPS) is 16.2. The van der Waals surface area contributed by atoms with Crippen LogP contribution < -0.4 is 5.56 Å². The highest BCUT2D eigenvalue weighted by Gasteiger charge is 2.26. The molecular formula is C22H30N4O5S2. The van der Waals surface area contributed by atoms with Crippen molar-refractivity contribution in [1.82, 2.24) is 19.4 Å². The fourth-order valence-corrected chi connectivity index (χ4v) is 6.51. The molecule has 11 heteroatoms. The molecule has 2 aromatic heterocycles. The van der Waals surface area contributed by atoms with Crippen LogP contribution in [0.5, 0.6) is 0 Å². The van der Waals surface area contributed by atoms with Gasteiger partial charge in [0.2, 0.25) is 5.91 Å². The van der Waals surface area contributed by atoms with Gasteiger partial charge in [-0.1, -0.05) is 11.8 Å². The third-order valence-corrected chi connectivity index (χ3v) is 8.19. The van der Waals surface area contributed by atoms with Crippen LogP contribution in [0.1, 0.15) is 30.2 Å². The molecule has 0 unspecified atom stereocenters. The molecule has 2 aliphatic rings. The Morgan fingerprint density at radius 2 is 1.85 bits per heavy atom. The molecule has 0 radical (unpaired) electrons. The number of piperazine rings is 1. The third-order valence-electron chi connectivity index (χ3n) is 6.04. The lowest BCUT2D eigenvalue weighted by Gasteiger charge is -2.34. The molecule has 180 valence electrons. The highest BCUT2D eigenvalue weighted by Crippen LogP contribution is 2.34. The summed E-state index contributed by atoms with van der Waals surface area (Å²) in [5.74, 6) is 0.164. The molecule has 0 saturated carbocycles. The van der Waals surface area contributed by atoms with E-state index in [1.54, 1.807) is 39.7 Å². The number of methoxy groups -OCH3 is 1. The van der Waals surface area contributed by atoms with Crippen LogP contribution >= 0.6 is 23.1 Å². The number of carbonyl (C=O) groups is 2. The molecule has 9 nitrogen and oxygen atoms in total. The first kappa shape index (κ1) is 24.0. The van der Waals surface area contributed by atoms with Crippen LogP contribution in [0.2, 0.25) is 0 Å². The highest BCUT2D eigenvalue weighted by molar-refractivity contribution is 7.99. The largest absolute Gasteiger partial charge is 0.450 e. The average Bonchev–Trinajstić information content (AvgIpc) is 3.21. The topological polar surface area (TPSA) is 94.0 Å². The van der Waals surface area contributed by atoms with Gasteiger partial charge in [-0.05, 0) is 38.2 Å². The number of carbonyl (C=O) groups excluding carboxylic acids is 2. The zero-order chi connectivity index (χ0) is 23.4. The zero-order valence-electron chi connectivity index (χ0n) is 19.1. The van der Waals surface area contributed by atoms with Crippen LogP contribution in [0, 0.1) is 0 Å². The van der Waals surface area contributed by atoms with Crippen molar-refractivity contribution >= 4 is 45.3 Å². The van der Waals surface area contributed by atoms with Gasteiger partial charge in [0.1, 0.15) is 4.83 Å². The third kappa shape index (κ3) is 5.20. The van der Waals surface area contributed by atoms with Gasteiger partial charge in [0.25, 0.3) is 5.56 Å². The minimum absolute atomic E-state index is 0.0263. The summed E-state index contributed by atoms with van der Waals surface area (Å²) in [6.45, 7) is 4.77. The lowest BCUT2D eigenvalue weighted by molar-refractivity contribution is -0.129. The van der Waals surface area contributed by atoms with Crippen molar-refractivity contribution in [2.75, 3.05) is 52.3 Å². The summed E-state index contributed by atoms with van der Waals surface area (Å²) >= 11 is 2.91. The SMILES string of the molecule is CCOC(=O)N1CCN(C(=O)CSc2nc3sc4c(c3c(=O)n2CCOC)CCCC4)CC1. The monoisotopic (exact) mass is 494 g/mol. The van der Waals surface area contributed by atoms with Crippen molar-refractivity contribution in [3.63, 3.8) is 0 Å². The summed E-state index contributed by atoms with van der Waals surface area (Å²) in [7, 11) is 1.61. The number of hydrogen-bond acceptors (Lipinski definition) is 8. The van der Waals surface area contributed by atoms with E-state index in [2.05, 4.69) is 0 Å². The van der Waals surface area contributed by atoms with E-state index in [1.807, 2.05) is 0 Å². The number of aromatic nitrogens is 2. The highest BCUT2D eigenvalue weighted by atomic mass is 32.2. The first-order valence-electron chi connectivity index (χ1n) is 11.4. The van der Waals surface area contributed by atoms with Gasteiger partial charge in [0.15, 0.2) is 5.16 Å². The van der Waals surface area contributed by atoms with Gasteiger partial charge >= 0.3 is 6.09 Å². The van der Waals surface area contributed by atoms with Crippen LogP contribution in [-0.4, -0.2) is 83.6 Å². The Bertz CT molecular complexity index is 1070. The summed E-state index contributed by atoms with van der Waals surface area (Å²) in [5.41, 5.74) is 1.13. The maximum absolute atomic E-state index is 13.4. The molecule has 1 aliphatic heterocycles. The molecule has 0 spiro atoms. The van der Waals surface area contributed by atoms with Gasteiger partial charge in [-0.2, -0.15) is 0 Å². The maximum atomic E-state index is 13.4. The van der Waals surface area contributed by atoms with Crippen molar-refractivity contribution in [3.8, 4) is 0 Å². The Labute approximate surface area is 201 Å². The van der Waals surface area contributed by atoms with E-state index in [0.29, 0.717) is 51.1 Å². The number of amides is 2. The molecule has 33 heavy (non-hydrogen) atoms. The predicted molar refractivity (Wildman–Crippen MR) is 128 cm³/mol. The molecule has 0 N–H and O–H groups in total. The zero-order valence-corrected chi connectivity index (χ0v) is 20.8. The molecule has 0 atom stereocenters. The molecule has 0 bridgehead atoms. The van der Waals surface area contributed by atoms with Crippen molar-refractivity contribution < 1.29 is 19.1 Å². The van der Waals surface area contributed by atoms with Gasteiger partial charge in [-0.15, -0.1) is 11.3 Å². The second-order valence-electron chi connectivity index (χ2n) is 8.09. The quantitative estimate of drug-likeness (QED) is 0.431. The number of ether oxygens (including phenoxy) is 2. The molecule has 2 amide bonds. The van der Waals surface area contributed by atoms with E-state index < -0.39 is 0 Å². The Morgan fingerprint density at radius 1 is 1.12 bits per heavy atom. The number of thiophene rings is 1. The van der Waals surface area contributed by atoms with Gasteiger partial charge in [0.05, 0.1) is 30.9 Å². The lowest BCUT2D eigenvalue weighted by atomic mass is 9.97. The van der Waals surface area contributed by atoms with Crippen LogP contribution in [0.3, 0.4) is 0 Å².